The molecule has 1 amide bonds. The zero-order valence-electron chi connectivity index (χ0n) is 22.3. The van der Waals surface area contributed by atoms with Crippen LogP contribution >= 0.6 is 12.2 Å². The number of thiocarbonyl (C=S) groups is 1. The van der Waals surface area contributed by atoms with Gasteiger partial charge in [-0.05, 0) is 105 Å². The van der Waals surface area contributed by atoms with E-state index in [-0.39, 0.29) is 30.3 Å². The summed E-state index contributed by atoms with van der Waals surface area (Å²) in [7, 11) is 1.49. The third-order valence-electron chi connectivity index (χ3n) is 7.03. The van der Waals surface area contributed by atoms with Gasteiger partial charge in [0.2, 0.25) is 5.91 Å². The number of phenols is 1. The normalized spacial score (nSPS) is 16.8. The average Bonchev–Trinajstić information content (AvgIpc) is 3.41. The topological polar surface area (TPSA) is 91.7 Å². The molecule has 0 spiro atoms. The smallest absolute Gasteiger partial charge is 0.250 e. The Morgan fingerprint density at radius 2 is 1.82 bits per heavy atom. The van der Waals surface area contributed by atoms with Crippen LogP contribution in [0.3, 0.4) is 0 Å². The van der Waals surface area contributed by atoms with Crippen LogP contribution in [0.5, 0.6) is 5.75 Å². The molecule has 2 aromatic carbocycles. The zero-order chi connectivity index (χ0) is 27.7. The molecule has 0 unspecified atom stereocenters. The Hall–Kier alpha value is -4.21. The van der Waals surface area contributed by atoms with Gasteiger partial charge < -0.3 is 29.9 Å². The number of aromatic nitrogens is 2. The minimum Gasteiger partial charge on any atom is -0.508 e. The van der Waals surface area contributed by atoms with Gasteiger partial charge in [-0.25, -0.2) is 0 Å². The van der Waals surface area contributed by atoms with Crippen molar-refractivity contribution in [3.8, 4) is 11.4 Å². The first kappa shape index (κ1) is 26.4. The fourth-order valence-electron chi connectivity index (χ4n) is 5.29. The fourth-order valence-corrected chi connectivity index (χ4v) is 5.64. The Kier molecular flexibility index (Phi) is 7.36. The van der Waals surface area contributed by atoms with Crippen LogP contribution in [0.4, 0.5) is 11.4 Å². The van der Waals surface area contributed by atoms with Gasteiger partial charge in [0, 0.05) is 41.8 Å². The molecule has 4 aromatic rings. The number of carbonyl (C=O) groups is 1. The van der Waals surface area contributed by atoms with E-state index in [9.17, 15) is 9.90 Å². The number of anilines is 2. The molecule has 0 aliphatic carbocycles. The van der Waals surface area contributed by atoms with Gasteiger partial charge in [0.05, 0.1) is 17.8 Å². The van der Waals surface area contributed by atoms with Crippen LogP contribution in [-0.4, -0.2) is 39.4 Å². The minimum absolute atomic E-state index is 0.00813. The SMILES string of the molecule is COCC(=O)Nc1ccc(N2C(=S)N[C@@H](c3ccccn3)[C@@H]2c2cc(C)n(-c3ccc(O)cc3)c2C)cc1C. The van der Waals surface area contributed by atoms with Gasteiger partial charge in [-0.1, -0.05) is 6.07 Å². The fraction of sp³-hybridized carbons (Fsp3) is 0.233. The van der Waals surface area contributed by atoms with Crippen molar-refractivity contribution in [3.05, 3.63) is 101 Å². The van der Waals surface area contributed by atoms with Gasteiger partial charge in [-0.15, -0.1) is 0 Å². The molecule has 0 radical (unpaired) electrons. The Morgan fingerprint density at radius 1 is 1.08 bits per heavy atom. The largest absolute Gasteiger partial charge is 0.508 e. The molecule has 1 saturated heterocycles. The summed E-state index contributed by atoms with van der Waals surface area (Å²) in [6, 6.07) is 20.8. The van der Waals surface area contributed by atoms with E-state index < -0.39 is 0 Å². The van der Waals surface area contributed by atoms with Crippen molar-refractivity contribution in [3.63, 3.8) is 0 Å². The van der Waals surface area contributed by atoms with E-state index in [0.717, 1.165) is 45.3 Å². The molecule has 3 N–H and O–H groups in total. The predicted octanol–water partition coefficient (Wildman–Crippen LogP) is 5.27. The molecule has 0 bridgehead atoms. The lowest BCUT2D eigenvalue weighted by molar-refractivity contribution is -0.119. The van der Waals surface area contributed by atoms with E-state index >= 15 is 0 Å². The Morgan fingerprint density at radius 3 is 2.49 bits per heavy atom. The van der Waals surface area contributed by atoms with E-state index in [1.165, 1.54) is 7.11 Å². The second-order valence-electron chi connectivity index (χ2n) is 9.66. The molecule has 39 heavy (non-hydrogen) atoms. The molecule has 1 aliphatic heterocycles. The number of aryl methyl sites for hydroxylation is 2. The standard InChI is InChI=1S/C30H31N5O3S/c1-18-15-22(10-13-25(18)32-27(37)17-38-4)35-29(28(33-30(35)39)26-7-5-6-14-31-26)24-16-19(2)34(20(24)3)21-8-11-23(36)12-9-21/h5-16,28-29,36H,17H2,1-4H3,(H,32,37)(H,33,39)/t28-,29-/m0/s1. The lowest BCUT2D eigenvalue weighted by atomic mass is 9.96. The highest BCUT2D eigenvalue weighted by atomic mass is 32.1. The number of phenolic OH excluding ortho intramolecular Hbond substituents is 1. The molecule has 0 saturated carbocycles. The number of ether oxygens (including phenoxy) is 1. The molecule has 1 aliphatic rings. The highest BCUT2D eigenvalue weighted by molar-refractivity contribution is 7.80. The number of benzene rings is 2. The maximum atomic E-state index is 12.1. The number of amides is 1. The van der Waals surface area contributed by atoms with Crippen LogP contribution in [0.15, 0.2) is 72.9 Å². The summed E-state index contributed by atoms with van der Waals surface area (Å²) in [5, 5.41) is 16.8. The number of nitrogens with zero attached hydrogens (tertiary/aromatic N) is 3. The highest BCUT2D eigenvalue weighted by Crippen LogP contribution is 2.44. The second kappa shape index (κ2) is 10.9. The van der Waals surface area contributed by atoms with Crippen LogP contribution in [0.2, 0.25) is 0 Å². The van der Waals surface area contributed by atoms with Crippen molar-refractivity contribution < 1.29 is 14.6 Å². The molecule has 8 nitrogen and oxygen atoms in total. The summed E-state index contributed by atoms with van der Waals surface area (Å²) in [5.74, 6) is 0.0202. The van der Waals surface area contributed by atoms with E-state index in [4.69, 9.17) is 17.0 Å². The Bertz CT molecular complexity index is 1520. The number of hydrogen-bond donors (Lipinski definition) is 3. The van der Waals surface area contributed by atoms with Crippen LogP contribution < -0.4 is 15.5 Å². The summed E-state index contributed by atoms with van der Waals surface area (Å²) >= 11 is 5.91. The summed E-state index contributed by atoms with van der Waals surface area (Å²) in [6.07, 6.45) is 1.79. The van der Waals surface area contributed by atoms with Crippen molar-refractivity contribution in [1.29, 1.82) is 0 Å². The average molecular weight is 542 g/mol. The van der Waals surface area contributed by atoms with Gasteiger partial charge in [-0.2, -0.15) is 0 Å². The van der Waals surface area contributed by atoms with E-state index in [2.05, 4.69) is 45.0 Å². The van der Waals surface area contributed by atoms with Crippen molar-refractivity contribution in [1.82, 2.24) is 14.9 Å². The number of carbonyl (C=O) groups excluding carboxylic acids is 1. The monoisotopic (exact) mass is 541 g/mol. The summed E-state index contributed by atoms with van der Waals surface area (Å²) < 4.78 is 7.13. The van der Waals surface area contributed by atoms with Gasteiger partial charge in [0.25, 0.3) is 0 Å². The van der Waals surface area contributed by atoms with Crippen LogP contribution in [0, 0.1) is 20.8 Å². The van der Waals surface area contributed by atoms with E-state index in [1.54, 1.807) is 18.3 Å². The maximum Gasteiger partial charge on any atom is 0.250 e. The lowest BCUT2D eigenvalue weighted by Gasteiger charge is -2.29. The Balaban J connectivity index is 1.60. The predicted molar refractivity (Wildman–Crippen MR) is 157 cm³/mol. The molecule has 9 heteroatoms. The van der Waals surface area contributed by atoms with Gasteiger partial charge >= 0.3 is 0 Å². The molecular formula is C30H31N5O3S. The summed E-state index contributed by atoms with van der Waals surface area (Å²) in [5.41, 5.74) is 7.65. The number of pyridine rings is 1. The van der Waals surface area contributed by atoms with Crippen LogP contribution in [0.1, 0.15) is 40.3 Å². The van der Waals surface area contributed by atoms with Crippen molar-refractivity contribution in [2.45, 2.75) is 32.9 Å². The molecule has 2 aromatic heterocycles. The van der Waals surface area contributed by atoms with Gasteiger partial charge in [0.1, 0.15) is 12.4 Å². The number of aromatic hydroxyl groups is 1. The highest BCUT2D eigenvalue weighted by Gasteiger charge is 2.42. The first-order valence-electron chi connectivity index (χ1n) is 12.7. The van der Waals surface area contributed by atoms with E-state index in [0.29, 0.717) is 5.11 Å². The molecule has 5 rings (SSSR count). The first-order chi connectivity index (χ1) is 18.8. The number of rotatable bonds is 7. The van der Waals surface area contributed by atoms with Crippen molar-refractivity contribution >= 4 is 34.6 Å². The lowest BCUT2D eigenvalue weighted by Crippen LogP contribution is -2.29. The summed E-state index contributed by atoms with van der Waals surface area (Å²) in [6.45, 7) is 6.13. The molecule has 2 atom stereocenters. The third kappa shape index (κ3) is 5.10. The molecule has 3 heterocycles. The van der Waals surface area contributed by atoms with E-state index in [1.807, 2.05) is 55.5 Å². The first-order valence-corrected chi connectivity index (χ1v) is 13.1. The maximum absolute atomic E-state index is 12.1. The zero-order valence-corrected chi connectivity index (χ0v) is 23.1. The molecular weight excluding hydrogens is 510 g/mol. The second-order valence-corrected chi connectivity index (χ2v) is 10.0. The third-order valence-corrected chi connectivity index (χ3v) is 7.35. The van der Waals surface area contributed by atoms with Crippen molar-refractivity contribution in [2.75, 3.05) is 23.9 Å². The molecule has 1 fully saturated rings. The van der Waals surface area contributed by atoms with Gasteiger partial charge in [-0.3, -0.25) is 9.78 Å². The van der Waals surface area contributed by atoms with Gasteiger partial charge in [0.15, 0.2) is 5.11 Å². The molecule has 200 valence electrons. The minimum atomic E-state index is -0.207. The number of methoxy groups -OCH3 is 1. The Labute approximate surface area is 233 Å². The van der Waals surface area contributed by atoms with Crippen molar-refractivity contribution in [2.24, 2.45) is 0 Å². The quantitative estimate of drug-likeness (QED) is 0.275. The number of hydrogen-bond acceptors (Lipinski definition) is 5. The van der Waals surface area contributed by atoms with Crippen LogP contribution in [0.25, 0.3) is 5.69 Å². The number of nitrogens with one attached hydrogen (secondary N) is 2. The van der Waals surface area contributed by atoms with Crippen LogP contribution in [-0.2, 0) is 9.53 Å². The summed E-state index contributed by atoms with van der Waals surface area (Å²) in [4.78, 5) is 18.9.